The first-order valence-electron chi connectivity index (χ1n) is 12.6. The Kier molecular flexibility index (Phi) is 7.11. The molecular weight excluding hydrogens is 462 g/mol. The molecular formula is C27H33N3O2S2. The molecule has 2 amide bonds. The molecule has 3 aliphatic rings. The number of hydrogen-bond acceptors (Lipinski definition) is 4. The first kappa shape index (κ1) is 23.6. The Balaban J connectivity index is 1.36. The van der Waals surface area contributed by atoms with Gasteiger partial charge in [-0.2, -0.15) is 0 Å². The number of amides is 2. The number of piperidine rings is 1. The number of carbonyl (C=O) groups excluding carboxylic acids is 2. The third-order valence-electron chi connectivity index (χ3n) is 7.64. The monoisotopic (exact) mass is 495 g/mol. The van der Waals surface area contributed by atoms with Gasteiger partial charge in [0.1, 0.15) is 10.9 Å². The SMILES string of the molecule is C[C@@H]1CCCCN1C(=O)Cn1cc(/C=C2\SC(=S)N(CCC3CCCC3)C2=O)c2ccccc21. The molecule has 5 nitrogen and oxygen atoms in total. The summed E-state index contributed by atoms with van der Waals surface area (Å²) < 4.78 is 2.69. The zero-order valence-corrected chi connectivity index (χ0v) is 21.5. The molecule has 0 bridgehead atoms. The van der Waals surface area contributed by atoms with Gasteiger partial charge in [-0.1, -0.05) is 67.9 Å². The van der Waals surface area contributed by atoms with Crippen LogP contribution in [-0.4, -0.2) is 49.6 Å². The maximum atomic E-state index is 13.2. The van der Waals surface area contributed by atoms with Gasteiger partial charge >= 0.3 is 0 Å². The minimum atomic E-state index is 0.0167. The van der Waals surface area contributed by atoms with Crippen molar-refractivity contribution in [3.8, 4) is 0 Å². The molecule has 1 aromatic heterocycles. The summed E-state index contributed by atoms with van der Waals surface area (Å²) in [7, 11) is 0. The van der Waals surface area contributed by atoms with Crippen molar-refractivity contribution in [2.45, 2.75) is 70.9 Å². The molecule has 7 heteroatoms. The first-order chi connectivity index (χ1) is 16.5. The van der Waals surface area contributed by atoms with E-state index in [0.717, 1.165) is 54.7 Å². The van der Waals surface area contributed by atoms with E-state index in [1.165, 1.54) is 43.9 Å². The number of para-hydroxylation sites is 1. The number of rotatable bonds is 6. The van der Waals surface area contributed by atoms with Gasteiger partial charge in [0.15, 0.2) is 0 Å². The van der Waals surface area contributed by atoms with Gasteiger partial charge in [0, 0.05) is 41.8 Å². The third-order valence-corrected chi connectivity index (χ3v) is 9.02. The van der Waals surface area contributed by atoms with Gasteiger partial charge in [0.25, 0.3) is 5.91 Å². The lowest BCUT2D eigenvalue weighted by atomic mass is 10.0. The van der Waals surface area contributed by atoms with Gasteiger partial charge in [-0.3, -0.25) is 14.5 Å². The van der Waals surface area contributed by atoms with Crippen molar-refractivity contribution >= 4 is 57.1 Å². The van der Waals surface area contributed by atoms with E-state index in [0.29, 0.717) is 21.8 Å². The van der Waals surface area contributed by atoms with Crippen LogP contribution in [-0.2, 0) is 16.1 Å². The van der Waals surface area contributed by atoms with Crippen LogP contribution in [0.3, 0.4) is 0 Å². The number of thiocarbonyl (C=S) groups is 1. The van der Waals surface area contributed by atoms with Crippen molar-refractivity contribution in [1.29, 1.82) is 0 Å². The molecule has 2 aliphatic heterocycles. The van der Waals surface area contributed by atoms with E-state index in [-0.39, 0.29) is 11.8 Å². The second-order valence-electron chi connectivity index (χ2n) is 9.93. The number of hydrogen-bond donors (Lipinski definition) is 0. The fourth-order valence-electron chi connectivity index (χ4n) is 5.67. The standard InChI is InChI=1S/C27H33N3O2S2/c1-19-8-6-7-14-29(19)25(31)18-28-17-21(22-11-4-5-12-23(22)28)16-24-26(32)30(27(33)34-24)15-13-20-9-2-3-10-20/h4-5,11-12,16-17,19-20H,2-3,6-10,13-15,18H2,1H3/b24-16-/t19-/m1/s1. The lowest BCUT2D eigenvalue weighted by Crippen LogP contribution is -2.43. The Morgan fingerprint density at radius 3 is 2.71 bits per heavy atom. The highest BCUT2D eigenvalue weighted by Crippen LogP contribution is 2.36. The molecule has 0 radical (unpaired) electrons. The number of thioether (sulfide) groups is 1. The Bertz CT molecular complexity index is 1130. The summed E-state index contributed by atoms with van der Waals surface area (Å²) in [5.41, 5.74) is 1.98. The molecule has 3 fully saturated rings. The fourth-order valence-corrected chi connectivity index (χ4v) is 6.97. The molecule has 2 saturated heterocycles. The van der Waals surface area contributed by atoms with Gasteiger partial charge in [0.2, 0.25) is 5.91 Å². The molecule has 1 saturated carbocycles. The number of nitrogens with zero attached hydrogens (tertiary/aromatic N) is 3. The van der Waals surface area contributed by atoms with Crippen LogP contribution < -0.4 is 0 Å². The Hall–Kier alpha value is -2.12. The Morgan fingerprint density at radius 1 is 1.15 bits per heavy atom. The Morgan fingerprint density at radius 2 is 1.91 bits per heavy atom. The maximum absolute atomic E-state index is 13.2. The normalized spacial score (nSPS) is 23.1. The number of aromatic nitrogens is 1. The van der Waals surface area contributed by atoms with E-state index in [9.17, 15) is 9.59 Å². The molecule has 0 unspecified atom stereocenters. The minimum Gasteiger partial charge on any atom is -0.338 e. The van der Waals surface area contributed by atoms with E-state index < -0.39 is 0 Å². The van der Waals surface area contributed by atoms with E-state index in [4.69, 9.17) is 12.2 Å². The first-order valence-corrected chi connectivity index (χ1v) is 13.9. The van der Waals surface area contributed by atoms with E-state index >= 15 is 0 Å². The smallest absolute Gasteiger partial charge is 0.266 e. The highest BCUT2D eigenvalue weighted by atomic mass is 32.2. The van der Waals surface area contributed by atoms with Gasteiger partial charge in [0.05, 0.1) is 4.91 Å². The molecule has 180 valence electrons. The van der Waals surface area contributed by atoms with Crippen LogP contribution in [0.5, 0.6) is 0 Å². The predicted octanol–water partition coefficient (Wildman–Crippen LogP) is 5.82. The van der Waals surface area contributed by atoms with E-state index in [2.05, 4.69) is 13.0 Å². The van der Waals surface area contributed by atoms with Crippen LogP contribution in [0.15, 0.2) is 35.4 Å². The average Bonchev–Trinajstić information content (AvgIpc) is 3.53. The third kappa shape index (κ3) is 4.82. The topological polar surface area (TPSA) is 45.6 Å². The summed E-state index contributed by atoms with van der Waals surface area (Å²) in [6.45, 7) is 4.03. The lowest BCUT2D eigenvalue weighted by Gasteiger charge is -2.33. The zero-order chi connectivity index (χ0) is 23.7. The highest BCUT2D eigenvalue weighted by Gasteiger charge is 2.33. The molecule has 1 aromatic carbocycles. The maximum Gasteiger partial charge on any atom is 0.266 e. The summed E-state index contributed by atoms with van der Waals surface area (Å²) in [5.74, 6) is 0.910. The van der Waals surface area contributed by atoms with Crippen LogP contribution in [0.2, 0.25) is 0 Å². The fraction of sp³-hybridized carbons (Fsp3) is 0.519. The van der Waals surface area contributed by atoms with Gasteiger partial charge in [-0.15, -0.1) is 0 Å². The van der Waals surface area contributed by atoms with Gasteiger partial charge in [-0.05, 0) is 50.7 Å². The molecule has 3 heterocycles. The number of benzene rings is 1. The summed E-state index contributed by atoms with van der Waals surface area (Å²) in [4.78, 5) is 30.8. The van der Waals surface area contributed by atoms with Crippen molar-refractivity contribution in [2.24, 2.45) is 5.92 Å². The van der Waals surface area contributed by atoms with E-state index in [1.54, 1.807) is 4.90 Å². The second-order valence-corrected chi connectivity index (χ2v) is 11.6. The summed E-state index contributed by atoms with van der Waals surface area (Å²) in [6.07, 6.45) is 13.5. The molecule has 1 atom stereocenters. The van der Waals surface area contributed by atoms with Gasteiger partial charge in [-0.25, -0.2) is 0 Å². The summed E-state index contributed by atoms with van der Waals surface area (Å²) in [5, 5.41) is 1.05. The van der Waals surface area contributed by atoms with Crippen LogP contribution in [0.25, 0.3) is 17.0 Å². The quantitative estimate of drug-likeness (QED) is 0.374. The number of fused-ring (bicyclic) bond motifs is 1. The molecule has 34 heavy (non-hydrogen) atoms. The Labute approximate surface area is 211 Å². The van der Waals surface area contributed by atoms with Crippen LogP contribution in [0, 0.1) is 5.92 Å². The summed E-state index contributed by atoms with van der Waals surface area (Å²) >= 11 is 6.96. The molecule has 0 spiro atoms. The molecule has 1 aliphatic carbocycles. The highest BCUT2D eigenvalue weighted by molar-refractivity contribution is 8.26. The average molecular weight is 496 g/mol. The van der Waals surface area contributed by atoms with Gasteiger partial charge < -0.3 is 9.47 Å². The number of likely N-dealkylation sites (tertiary alicyclic amines) is 1. The van der Waals surface area contributed by atoms with Crippen molar-refractivity contribution in [3.05, 3.63) is 40.9 Å². The molecule has 0 N–H and O–H groups in total. The van der Waals surface area contributed by atoms with E-state index in [1.807, 2.05) is 39.9 Å². The van der Waals surface area contributed by atoms with Crippen molar-refractivity contribution < 1.29 is 9.59 Å². The largest absolute Gasteiger partial charge is 0.338 e. The van der Waals surface area contributed by atoms with Crippen molar-refractivity contribution in [1.82, 2.24) is 14.4 Å². The van der Waals surface area contributed by atoms with Crippen molar-refractivity contribution in [2.75, 3.05) is 13.1 Å². The lowest BCUT2D eigenvalue weighted by molar-refractivity contribution is -0.135. The number of carbonyl (C=O) groups is 2. The molecule has 2 aromatic rings. The van der Waals surface area contributed by atoms with Crippen molar-refractivity contribution in [3.63, 3.8) is 0 Å². The van der Waals surface area contributed by atoms with Crippen LogP contribution >= 0.6 is 24.0 Å². The minimum absolute atomic E-state index is 0.0167. The predicted molar refractivity (Wildman–Crippen MR) is 143 cm³/mol. The second kappa shape index (κ2) is 10.2. The summed E-state index contributed by atoms with van der Waals surface area (Å²) in [6, 6.07) is 8.41. The molecule has 5 rings (SSSR count). The zero-order valence-electron chi connectivity index (χ0n) is 19.9. The van der Waals surface area contributed by atoms with Crippen LogP contribution in [0.1, 0.15) is 63.9 Å². The van der Waals surface area contributed by atoms with Crippen LogP contribution in [0.4, 0.5) is 0 Å².